The molecule has 24 heavy (non-hydrogen) atoms. The summed E-state index contributed by atoms with van der Waals surface area (Å²) in [4.78, 5) is 26.9. The van der Waals surface area contributed by atoms with Crippen LogP contribution in [0.15, 0.2) is 42.5 Å². The monoisotopic (exact) mass is 325 g/mol. The Hall–Kier alpha value is -3.15. The lowest BCUT2D eigenvalue weighted by atomic mass is 10.0. The van der Waals surface area contributed by atoms with Gasteiger partial charge in [0.15, 0.2) is 0 Å². The zero-order valence-corrected chi connectivity index (χ0v) is 12.7. The van der Waals surface area contributed by atoms with Crippen molar-refractivity contribution in [3.8, 4) is 5.75 Å². The fourth-order valence-corrected chi connectivity index (χ4v) is 2.66. The van der Waals surface area contributed by atoms with Crippen molar-refractivity contribution < 1.29 is 24.5 Å². The first-order valence-corrected chi connectivity index (χ1v) is 7.47. The normalized spacial score (nSPS) is 10.8. The highest BCUT2D eigenvalue weighted by atomic mass is 16.5. The first kappa shape index (κ1) is 15.7. The summed E-state index contributed by atoms with van der Waals surface area (Å²) in [7, 11) is 0. The molecule has 0 unspecified atom stereocenters. The maximum absolute atomic E-state index is 11.8. The van der Waals surface area contributed by atoms with E-state index in [0.29, 0.717) is 34.0 Å². The summed E-state index contributed by atoms with van der Waals surface area (Å²) in [6.07, 6.45) is 0.340. The number of aromatic nitrogens is 1. The number of aliphatic carboxylic acids is 1. The third kappa shape index (κ3) is 2.99. The minimum atomic E-state index is -1.06. The molecule has 6 heteroatoms. The van der Waals surface area contributed by atoms with Crippen LogP contribution in [0.1, 0.15) is 23.2 Å². The first-order chi connectivity index (χ1) is 11.6. The van der Waals surface area contributed by atoms with E-state index in [1.54, 1.807) is 42.5 Å². The molecule has 0 aliphatic carbocycles. The quantitative estimate of drug-likeness (QED) is 0.533. The Kier molecular flexibility index (Phi) is 4.29. The molecule has 0 fully saturated rings. The number of carboxylic acid groups (broad SMARTS) is 2. The van der Waals surface area contributed by atoms with Gasteiger partial charge in [-0.3, -0.25) is 4.79 Å². The van der Waals surface area contributed by atoms with Crippen molar-refractivity contribution in [1.29, 1.82) is 0 Å². The SMILES string of the molecule is O=C(O)CCCOc1cccc2nc3ccccc3c(C(=O)O)c12. The van der Waals surface area contributed by atoms with Crippen LogP contribution >= 0.6 is 0 Å². The standard InChI is InChI=1S/C18H15NO5/c20-15(21)9-4-10-24-14-8-3-7-13-17(14)16(18(22)23)11-5-1-2-6-12(11)19-13/h1-3,5-8H,4,9-10H2,(H,20,21)(H,22,23). The van der Waals surface area contributed by atoms with E-state index >= 15 is 0 Å². The van der Waals surface area contributed by atoms with Gasteiger partial charge in [0.1, 0.15) is 5.75 Å². The van der Waals surface area contributed by atoms with Gasteiger partial charge in [-0.25, -0.2) is 9.78 Å². The minimum absolute atomic E-state index is 0.00225. The number of pyridine rings is 1. The molecule has 0 aliphatic heterocycles. The molecule has 0 saturated carbocycles. The summed E-state index contributed by atoms with van der Waals surface area (Å²) >= 11 is 0. The van der Waals surface area contributed by atoms with E-state index < -0.39 is 11.9 Å². The number of hydrogen-bond acceptors (Lipinski definition) is 4. The number of benzene rings is 2. The zero-order valence-electron chi connectivity index (χ0n) is 12.7. The second kappa shape index (κ2) is 6.54. The Morgan fingerprint density at radius 2 is 1.75 bits per heavy atom. The maximum Gasteiger partial charge on any atom is 0.337 e. The van der Waals surface area contributed by atoms with Gasteiger partial charge >= 0.3 is 11.9 Å². The van der Waals surface area contributed by atoms with Gasteiger partial charge in [0, 0.05) is 11.8 Å². The number of para-hydroxylation sites is 1. The maximum atomic E-state index is 11.8. The summed E-state index contributed by atoms with van der Waals surface area (Å²) in [5.74, 6) is -1.55. The lowest BCUT2D eigenvalue weighted by molar-refractivity contribution is -0.137. The summed E-state index contributed by atoms with van der Waals surface area (Å²) in [5.41, 5.74) is 1.27. The summed E-state index contributed by atoms with van der Waals surface area (Å²) in [6, 6.07) is 12.2. The highest BCUT2D eigenvalue weighted by Crippen LogP contribution is 2.33. The molecular weight excluding hydrogens is 310 g/mol. The minimum Gasteiger partial charge on any atom is -0.493 e. The van der Waals surface area contributed by atoms with Crippen LogP contribution in [0.3, 0.4) is 0 Å². The second-order valence-corrected chi connectivity index (χ2v) is 5.31. The third-order valence-corrected chi connectivity index (χ3v) is 3.67. The number of rotatable bonds is 6. The zero-order chi connectivity index (χ0) is 17.1. The first-order valence-electron chi connectivity index (χ1n) is 7.47. The van der Waals surface area contributed by atoms with Crippen LogP contribution in [0.5, 0.6) is 5.75 Å². The van der Waals surface area contributed by atoms with Crippen LogP contribution in [0.2, 0.25) is 0 Å². The molecule has 0 bridgehead atoms. The lowest BCUT2D eigenvalue weighted by Gasteiger charge is -2.12. The third-order valence-electron chi connectivity index (χ3n) is 3.67. The fourth-order valence-electron chi connectivity index (χ4n) is 2.66. The van der Waals surface area contributed by atoms with Crippen LogP contribution in [0.25, 0.3) is 21.8 Å². The molecule has 1 aromatic heterocycles. The Labute approximate surface area is 137 Å². The van der Waals surface area contributed by atoms with Gasteiger partial charge in [0.2, 0.25) is 0 Å². The van der Waals surface area contributed by atoms with Crippen molar-refractivity contribution in [3.05, 3.63) is 48.0 Å². The number of ether oxygens (including phenoxy) is 1. The molecule has 122 valence electrons. The molecule has 1 heterocycles. The van der Waals surface area contributed by atoms with E-state index in [1.165, 1.54) is 0 Å². The van der Waals surface area contributed by atoms with Crippen molar-refractivity contribution in [2.75, 3.05) is 6.61 Å². The van der Waals surface area contributed by atoms with E-state index in [0.717, 1.165) is 0 Å². The number of hydrogen-bond donors (Lipinski definition) is 2. The van der Waals surface area contributed by atoms with Crippen molar-refractivity contribution >= 4 is 33.7 Å². The lowest BCUT2D eigenvalue weighted by Crippen LogP contribution is -2.05. The molecule has 0 atom stereocenters. The van der Waals surface area contributed by atoms with Crippen LogP contribution in [-0.2, 0) is 4.79 Å². The number of carboxylic acids is 2. The van der Waals surface area contributed by atoms with Crippen LogP contribution < -0.4 is 4.74 Å². The van der Waals surface area contributed by atoms with Crippen LogP contribution in [0, 0.1) is 0 Å². The van der Waals surface area contributed by atoms with Gasteiger partial charge in [-0.05, 0) is 24.6 Å². The predicted octanol–water partition coefficient (Wildman–Crippen LogP) is 3.33. The van der Waals surface area contributed by atoms with Gasteiger partial charge in [-0.15, -0.1) is 0 Å². The van der Waals surface area contributed by atoms with Gasteiger partial charge in [0.25, 0.3) is 0 Å². The molecule has 0 radical (unpaired) electrons. The molecule has 3 rings (SSSR count). The fraction of sp³-hybridized carbons (Fsp3) is 0.167. The smallest absolute Gasteiger partial charge is 0.337 e. The molecule has 0 spiro atoms. The number of aromatic carboxylic acids is 1. The average molecular weight is 325 g/mol. The number of fused-ring (bicyclic) bond motifs is 2. The van der Waals surface area contributed by atoms with E-state index in [9.17, 15) is 14.7 Å². The Balaban J connectivity index is 2.11. The largest absolute Gasteiger partial charge is 0.493 e. The van der Waals surface area contributed by atoms with Crippen LogP contribution in [0.4, 0.5) is 0 Å². The topological polar surface area (TPSA) is 96.7 Å². The van der Waals surface area contributed by atoms with Crippen LogP contribution in [-0.4, -0.2) is 33.7 Å². The second-order valence-electron chi connectivity index (χ2n) is 5.31. The van der Waals surface area contributed by atoms with Gasteiger partial charge in [-0.1, -0.05) is 24.3 Å². The summed E-state index contributed by atoms with van der Waals surface area (Å²) in [6.45, 7) is 0.192. The van der Waals surface area contributed by atoms with Crippen molar-refractivity contribution in [1.82, 2.24) is 4.98 Å². The number of carbonyl (C=O) groups is 2. The highest BCUT2D eigenvalue weighted by Gasteiger charge is 2.18. The molecule has 0 saturated heterocycles. The molecule has 6 nitrogen and oxygen atoms in total. The van der Waals surface area contributed by atoms with Gasteiger partial charge in [0.05, 0.1) is 28.6 Å². The Bertz CT molecular complexity index is 935. The molecule has 0 aliphatic rings. The molecule has 2 aromatic carbocycles. The number of nitrogens with zero attached hydrogens (tertiary/aromatic N) is 1. The summed E-state index contributed by atoms with van der Waals surface area (Å²) in [5, 5.41) is 19.3. The highest BCUT2D eigenvalue weighted by molar-refractivity contribution is 6.15. The van der Waals surface area contributed by atoms with Gasteiger partial charge in [-0.2, -0.15) is 0 Å². The van der Waals surface area contributed by atoms with Crippen molar-refractivity contribution in [2.45, 2.75) is 12.8 Å². The van der Waals surface area contributed by atoms with E-state index in [-0.39, 0.29) is 18.6 Å². The molecule has 0 amide bonds. The summed E-state index contributed by atoms with van der Waals surface area (Å²) < 4.78 is 5.64. The molecule has 3 aromatic rings. The molecular formula is C18H15NO5. The average Bonchev–Trinajstić information content (AvgIpc) is 2.56. The Morgan fingerprint density at radius 3 is 2.50 bits per heavy atom. The van der Waals surface area contributed by atoms with Crippen molar-refractivity contribution in [2.24, 2.45) is 0 Å². The van der Waals surface area contributed by atoms with E-state index in [4.69, 9.17) is 9.84 Å². The molecule has 2 N–H and O–H groups in total. The van der Waals surface area contributed by atoms with Crippen molar-refractivity contribution in [3.63, 3.8) is 0 Å². The predicted molar refractivity (Wildman–Crippen MR) is 88.6 cm³/mol. The van der Waals surface area contributed by atoms with E-state index in [1.807, 2.05) is 0 Å². The Morgan fingerprint density at radius 1 is 1.00 bits per heavy atom. The van der Waals surface area contributed by atoms with Gasteiger partial charge < -0.3 is 14.9 Å². The van der Waals surface area contributed by atoms with E-state index in [2.05, 4.69) is 4.98 Å².